The Hall–Kier alpha value is -3.53. The molecule has 2 fully saturated rings. The summed E-state index contributed by atoms with van der Waals surface area (Å²) in [7, 11) is 2.16. The number of likely N-dealkylation sites (tertiary alicyclic amines) is 1. The van der Waals surface area contributed by atoms with Crippen LogP contribution in [0.15, 0.2) is 36.7 Å². The van der Waals surface area contributed by atoms with Crippen LogP contribution >= 0.6 is 0 Å². The molecule has 2 saturated heterocycles. The Labute approximate surface area is 197 Å². The molecule has 4 aromatic rings. The first-order valence-electron chi connectivity index (χ1n) is 12.1. The normalized spacial score (nSPS) is 20.5. The predicted octanol–water partition coefficient (Wildman–Crippen LogP) is 2.49. The van der Waals surface area contributed by atoms with Crippen molar-refractivity contribution in [1.82, 2.24) is 39.6 Å². The summed E-state index contributed by atoms with van der Waals surface area (Å²) in [6.07, 6.45) is 8.78. The molecule has 10 heteroatoms. The molecule has 0 saturated carbocycles. The van der Waals surface area contributed by atoms with Crippen molar-refractivity contribution < 1.29 is 4.79 Å². The van der Waals surface area contributed by atoms with Crippen molar-refractivity contribution in [3.63, 3.8) is 0 Å². The first-order valence-corrected chi connectivity index (χ1v) is 12.1. The second kappa shape index (κ2) is 8.68. The van der Waals surface area contributed by atoms with Gasteiger partial charge in [-0.1, -0.05) is 12.1 Å². The van der Waals surface area contributed by atoms with Gasteiger partial charge in [0.05, 0.1) is 23.3 Å². The molecular weight excluding hydrogens is 430 g/mol. The number of para-hydroxylation sites is 1. The zero-order valence-corrected chi connectivity index (χ0v) is 19.3. The largest absolute Gasteiger partial charge is 0.354 e. The third kappa shape index (κ3) is 3.87. The van der Waals surface area contributed by atoms with Crippen molar-refractivity contribution in [3.05, 3.63) is 36.7 Å². The van der Waals surface area contributed by atoms with E-state index in [1.54, 1.807) is 4.52 Å². The lowest BCUT2D eigenvalue weighted by atomic mass is 10.1. The molecule has 0 aliphatic carbocycles. The quantitative estimate of drug-likeness (QED) is 0.483. The summed E-state index contributed by atoms with van der Waals surface area (Å²) >= 11 is 0. The summed E-state index contributed by atoms with van der Waals surface area (Å²) in [5, 5.41) is 16.7. The maximum atomic E-state index is 12.6. The number of hydrogen-bond acceptors (Lipinski definition) is 7. The molecule has 1 amide bonds. The first-order chi connectivity index (χ1) is 16.7. The minimum absolute atomic E-state index is 0.000325. The van der Waals surface area contributed by atoms with E-state index in [4.69, 9.17) is 15.1 Å². The van der Waals surface area contributed by atoms with Crippen LogP contribution in [0.3, 0.4) is 0 Å². The Kier molecular flexibility index (Phi) is 5.37. The van der Waals surface area contributed by atoms with E-state index >= 15 is 0 Å². The summed E-state index contributed by atoms with van der Waals surface area (Å²) in [6.45, 7) is 2.87. The van der Waals surface area contributed by atoms with Crippen molar-refractivity contribution in [1.29, 1.82) is 0 Å². The summed E-state index contributed by atoms with van der Waals surface area (Å²) in [5.74, 6) is 1.13. The lowest BCUT2D eigenvalue weighted by molar-refractivity contribution is -0.121. The molecule has 0 unspecified atom stereocenters. The number of hydrogen-bond donors (Lipinski definition) is 2. The summed E-state index contributed by atoms with van der Waals surface area (Å²) in [5.41, 5.74) is 2.40. The zero-order chi connectivity index (χ0) is 23.1. The SMILES string of the molecule is CN1CCC(n2cc(-c3nc4c5ccccc5nc(N[C@@H]5CCCCNC5=O)n4n3)cn2)CC1. The topological polar surface area (TPSA) is 105 Å². The van der Waals surface area contributed by atoms with Crippen molar-refractivity contribution in [2.75, 3.05) is 32.0 Å². The predicted molar refractivity (Wildman–Crippen MR) is 130 cm³/mol. The van der Waals surface area contributed by atoms with Crippen LogP contribution in [0, 0.1) is 0 Å². The highest BCUT2D eigenvalue weighted by Gasteiger charge is 2.24. The molecule has 3 aromatic heterocycles. The van der Waals surface area contributed by atoms with Gasteiger partial charge in [0.1, 0.15) is 6.04 Å². The number of benzene rings is 1. The first kappa shape index (κ1) is 21.0. The Morgan fingerprint density at radius 2 is 1.94 bits per heavy atom. The Morgan fingerprint density at radius 1 is 1.09 bits per heavy atom. The number of piperidine rings is 1. The second-order valence-corrected chi connectivity index (χ2v) is 9.35. The molecule has 2 aliphatic heterocycles. The van der Waals surface area contributed by atoms with Gasteiger partial charge in [-0.3, -0.25) is 9.48 Å². The van der Waals surface area contributed by atoms with E-state index in [9.17, 15) is 4.79 Å². The van der Waals surface area contributed by atoms with E-state index in [0.29, 0.717) is 30.0 Å². The molecule has 1 aromatic carbocycles. The molecule has 6 rings (SSSR count). The van der Waals surface area contributed by atoms with Gasteiger partial charge < -0.3 is 15.5 Å². The van der Waals surface area contributed by atoms with E-state index in [-0.39, 0.29) is 11.9 Å². The summed E-state index contributed by atoms with van der Waals surface area (Å²) < 4.78 is 3.78. The maximum absolute atomic E-state index is 12.6. The van der Waals surface area contributed by atoms with Crippen LogP contribution in [0.25, 0.3) is 27.9 Å². The number of carbonyl (C=O) groups excluding carboxylic acids is 1. The lowest BCUT2D eigenvalue weighted by Gasteiger charge is -2.28. The van der Waals surface area contributed by atoms with Gasteiger partial charge in [-0.05, 0) is 64.4 Å². The van der Waals surface area contributed by atoms with Crippen LogP contribution in [0.1, 0.15) is 38.1 Å². The van der Waals surface area contributed by atoms with Crippen LogP contribution in [0.2, 0.25) is 0 Å². The minimum Gasteiger partial charge on any atom is -0.354 e. The standard InChI is InChI=1S/C24H29N9O/c1-31-12-9-17(10-13-31)32-15-16(14-26-32)21-29-22-18-6-2-3-7-19(18)27-24(33(22)30-21)28-20-8-4-5-11-25-23(20)34/h2-3,6-7,14-15,17,20H,4-5,8-13H2,1H3,(H,25,34)(H,27,28)/t20-/m1/s1. The highest BCUT2D eigenvalue weighted by molar-refractivity contribution is 5.93. The van der Waals surface area contributed by atoms with E-state index in [1.807, 2.05) is 36.7 Å². The fraction of sp³-hybridized carbons (Fsp3) is 0.458. The Morgan fingerprint density at radius 3 is 2.82 bits per heavy atom. The van der Waals surface area contributed by atoms with Crippen molar-refractivity contribution >= 4 is 28.4 Å². The lowest BCUT2D eigenvalue weighted by Crippen LogP contribution is -2.38. The van der Waals surface area contributed by atoms with Crippen LogP contribution < -0.4 is 10.6 Å². The van der Waals surface area contributed by atoms with Crippen LogP contribution in [-0.2, 0) is 4.79 Å². The number of rotatable bonds is 4. The van der Waals surface area contributed by atoms with E-state index in [0.717, 1.165) is 61.7 Å². The van der Waals surface area contributed by atoms with Gasteiger partial charge in [-0.25, -0.2) is 9.97 Å². The molecule has 10 nitrogen and oxygen atoms in total. The molecule has 5 heterocycles. The number of amides is 1. The fourth-order valence-corrected chi connectivity index (χ4v) is 4.92. The highest BCUT2D eigenvalue weighted by Crippen LogP contribution is 2.27. The van der Waals surface area contributed by atoms with Gasteiger partial charge in [-0.2, -0.15) is 9.61 Å². The van der Waals surface area contributed by atoms with Crippen molar-refractivity contribution in [2.24, 2.45) is 0 Å². The van der Waals surface area contributed by atoms with Gasteiger partial charge >= 0.3 is 0 Å². The number of aromatic nitrogens is 6. The van der Waals surface area contributed by atoms with Gasteiger partial charge in [-0.15, -0.1) is 5.10 Å². The number of fused-ring (bicyclic) bond motifs is 3. The number of nitrogens with one attached hydrogen (secondary N) is 2. The molecule has 0 radical (unpaired) electrons. The molecule has 2 N–H and O–H groups in total. The zero-order valence-electron chi connectivity index (χ0n) is 19.3. The van der Waals surface area contributed by atoms with E-state index < -0.39 is 0 Å². The average Bonchev–Trinajstić information content (AvgIpc) is 3.47. The van der Waals surface area contributed by atoms with Gasteiger partial charge in [0, 0.05) is 18.1 Å². The van der Waals surface area contributed by atoms with Gasteiger partial charge in [0.2, 0.25) is 11.9 Å². The molecule has 2 aliphatic rings. The third-order valence-corrected chi connectivity index (χ3v) is 6.94. The van der Waals surface area contributed by atoms with E-state index in [1.165, 1.54) is 0 Å². The molecule has 34 heavy (non-hydrogen) atoms. The fourth-order valence-electron chi connectivity index (χ4n) is 4.92. The monoisotopic (exact) mass is 459 g/mol. The smallest absolute Gasteiger partial charge is 0.242 e. The molecule has 176 valence electrons. The number of carbonyl (C=O) groups is 1. The highest BCUT2D eigenvalue weighted by atomic mass is 16.2. The third-order valence-electron chi connectivity index (χ3n) is 6.94. The van der Waals surface area contributed by atoms with Crippen LogP contribution in [0.4, 0.5) is 5.95 Å². The number of anilines is 1. The number of nitrogens with zero attached hydrogens (tertiary/aromatic N) is 7. The molecule has 1 atom stereocenters. The Bertz CT molecular complexity index is 1330. The minimum atomic E-state index is -0.348. The summed E-state index contributed by atoms with van der Waals surface area (Å²) in [6, 6.07) is 7.94. The van der Waals surface area contributed by atoms with Crippen LogP contribution in [-0.4, -0.2) is 72.9 Å². The average molecular weight is 460 g/mol. The maximum Gasteiger partial charge on any atom is 0.242 e. The molecular formula is C24H29N9O. The van der Waals surface area contributed by atoms with Crippen LogP contribution in [0.5, 0.6) is 0 Å². The molecule has 0 bridgehead atoms. The molecule has 0 spiro atoms. The second-order valence-electron chi connectivity index (χ2n) is 9.35. The van der Waals surface area contributed by atoms with Gasteiger partial charge in [0.15, 0.2) is 11.5 Å². The van der Waals surface area contributed by atoms with Gasteiger partial charge in [0.25, 0.3) is 0 Å². The van der Waals surface area contributed by atoms with E-state index in [2.05, 4.69) is 32.4 Å². The van der Waals surface area contributed by atoms with Crippen molar-refractivity contribution in [3.8, 4) is 11.4 Å². The Balaban J connectivity index is 1.39. The summed E-state index contributed by atoms with van der Waals surface area (Å²) in [4.78, 5) is 24.6. The van der Waals surface area contributed by atoms with Crippen molar-refractivity contribution in [2.45, 2.75) is 44.2 Å².